The third kappa shape index (κ3) is 5.32. The molecule has 1 aromatic heterocycles. The van der Waals surface area contributed by atoms with Crippen molar-refractivity contribution in [1.82, 2.24) is 20.2 Å². The van der Waals surface area contributed by atoms with E-state index in [1.54, 1.807) is 0 Å². The van der Waals surface area contributed by atoms with Gasteiger partial charge in [0.05, 0.1) is 30.5 Å². The van der Waals surface area contributed by atoms with Crippen LogP contribution < -0.4 is 5.32 Å². The van der Waals surface area contributed by atoms with Crippen molar-refractivity contribution in [3.05, 3.63) is 51.9 Å². The van der Waals surface area contributed by atoms with Crippen molar-refractivity contribution in [1.29, 1.82) is 0 Å². The lowest BCUT2D eigenvalue weighted by molar-refractivity contribution is 0.0162. The summed E-state index contributed by atoms with van der Waals surface area (Å²) in [6.45, 7) is 9.37. The highest BCUT2D eigenvalue weighted by molar-refractivity contribution is 7.98. The van der Waals surface area contributed by atoms with E-state index in [1.807, 2.05) is 37.4 Å². The zero-order chi connectivity index (χ0) is 21.7. The Morgan fingerprint density at radius 1 is 1.27 bits per heavy atom. The number of hydrogen-bond acceptors (Lipinski definition) is 6. The molecule has 2 heterocycles. The minimum absolute atomic E-state index is 0.0274. The number of rotatable bonds is 7. The molecule has 8 heteroatoms. The van der Waals surface area contributed by atoms with Gasteiger partial charge in [-0.2, -0.15) is 0 Å². The normalized spacial score (nSPS) is 15.9. The Kier molecular flexibility index (Phi) is 8.11. The van der Waals surface area contributed by atoms with Gasteiger partial charge in [0.25, 0.3) is 5.91 Å². The number of benzene rings is 1. The zero-order valence-electron chi connectivity index (χ0n) is 17.9. The number of nitrogens with zero attached hydrogens (tertiary/aromatic N) is 3. The molecule has 162 valence electrons. The van der Waals surface area contributed by atoms with Gasteiger partial charge >= 0.3 is 0 Å². The number of halogens is 1. The summed E-state index contributed by atoms with van der Waals surface area (Å²) < 4.78 is 5.51. The average molecular weight is 449 g/mol. The number of ether oxygens (including phenoxy) is 1. The third-order valence-electron chi connectivity index (χ3n) is 5.22. The number of hydrogen-bond donors (Lipinski definition) is 1. The molecule has 1 amide bonds. The number of aromatic nitrogens is 2. The Bertz CT molecular complexity index is 887. The highest BCUT2D eigenvalue weighted by Crippen LogP contribution is 2.28. The Balaban J connectivity index is 1.83. The van der Waals surface area contributed by atoms with Crippen molar-refractivity contribution >= 4 is 29.3 Å². The van der Waals surface area contributed by atoms with Crippen molar-refractivity contribution in [3.8, 4) is 0 Å². The number of carbonyl (C=O) groups is 1. The monoisotopic (exact) mass is 448 g/mol. The highest BCUT2D eigenvalue weighted by atomic mass is 35.5. The highest BCUT2D eigenvalue weighted by Gasteiger charge is 2.26. The average Bonchev–Trinajstić information content (AvgIpc) is 2.74. The fraction of sp³-hybridized carbons (Fsp3) is 0.500. The molecule has 3 rings (SSSR count). The smallest absolute Gasteiger partial charge is 0.255 e. The molecule has 1 aromatic carbocycles. The van der Waals surface area contributed by atoms with Gasteiger partial charge < -0.3 is 10.1 Å². The maximum absolute atomic E-state index is 13.1. The van der Waals surface area contributed by atoms with Gasteiger partial charge in [0, 0.05) is 30.6 Å². The SMILES string of the molecule is CSc1nc(C(C)C)nc(C)c1C(=O)NCC(c1ccccc1Cl)N1CCOCC1. The van der Waals surface area contributed by atoms with Crippen LogP contribution in [0.25, 0.3) is 0 Å². The summed E-state index contributed by atoms with van der Waals surface area (Å²) in [5, 5.41) is 4.53. The topological polar surface area (TPSA) is 67.4 Å². The minimum Gasteiger partial charge on any atom is -0.379 e. The second-order valence-electron chi connectivity index (χ2n) is 7.60. The summed E-state index contributed by atoms with van der Waals surface area (Å²) in [5.41, 5.74) is 2.26. The van der Waals surface area contributed by atoms with E-state index in [9.17, 15) is 4.79 Å². The van der Waals surface area contributed by atoms with Crippen LogP contribution in [-0.2, 0) is 4.74 Å². The van der Waals surface area contributed by atoms with Crippen LogP contribution in [0.1, 0.15) is 53.2 Å². The maximum Gasteiger partial charge on any atom is 0.255 e. The standard InChI is InChI=1S/C22H29ClN4O2S/c1-14(2)20-25-15(3)19(22(26-20)30-4)21(28)24-13-18(27-9-11-29-12-10-27)16-7-5-6-8-17(16)23/h5-8,14,18H,9-13H2,1-4H3,(H,24,28). The number of nitrogens with one attached hydrogen (secondary N) is 1. The van der Waals surface area contributed by atoms with Gasteiger partial charge in [0.15, 0.2) is 0 Å². The van der Waals surface area contributed by atoms with Crippen molar-refractivity contribution in [2.24, 2.45) is 0 Å². The Morgan fingerprint density at radius 3 is 2.60 bits per heavy atom. The lowest BCUT2D eigenvalue weighted by Gasteiger charge is -2.35. The maximum atomic E-state index is 13.1. The molecular formula is C22H29ClN4O2S. The molecule has 2 aromatic rings. The molecule has 0 bridgehead atoms. The Hall–Kier alpha value is -1.67. The third-order valence-corrected chi connectivity index (χ3v) is 6.24. The number of aryl methyl sites for hydroxylation is 1. The zero-order valence-corrected chi connectivity index (χ0v) is 19.5. The largest absolute Gasteiger partial charge is 0.379 e. The first-order valence-electron chi connectivity index (χ1n) is 10.2. The van der Waals surface area contributed by atoms with Gasteiger partial charge in [0.2, 0.25) is 0 Å². The molecule has 1 aliphatic rings. The fourth-order valence-electron chi connectivity index (χ4n) is 3.58. The van der Waals surface area contributed by atoms with Crippen molar-refractivity contribution in [2.75, 3.05) is 39.1 Å². The predicted octanol–water partition coefficient (Wildman–Crippen LogP) is 4.09. The second kappa shape index (κ2) is 10.6. The molecule has 1 unspecified atom stereocenters. The number of thioether (sulfide) groups is 1. The Labute approximate surface area is 187 Å². The quantitative estimate of drug-likeness (QED) is 0.508. The molecule has 1 fully saturated rings. The van der Waals surface area contributed by atoms with E-state index in [0.717, 1.165) is 24.5 Å². The molecule has 0 saturated carbocycles. The summed E-state index contributed by atoms with van der Waals surface area (Å²) in [6.07, 6.45) is 1.93. The molecule has 1 atom stereocenters. The molecule has 1 aliphatic heterocycles. The van der Waals surface area contributed by atoms with E-state index >= 15 is 0 Å². The fourth-order valence-corrected chi connectivity index (χ4v) is 4.47. The van der Waals surface area contributed by atoms with E-state index in [2.05, 4.69) is 34.0 Å². The van der Waals surface area contributed by atoms with E-state index in [1.165, 1.54) is 11.8 Å². The van der Waals surface area contributed by atoms with Crippen LogP contribution in [0.15, 0.2) is 29.3 Å². The van der Waals surface area contributed by atoms with Crippen molar-refractivity contribution in [3.63, 3.8) is 0 Å². The van der Waals surface area contributed by atoms with Gasteiger partial charge in [-0.1, -0.05) is 43.6 Å². The van der Waals surface area contributed by atoms with Gasteiger partial charge in [0.1, 0.15) is 10.9 Å². The molecule has 1 N–H and O–H groups in total. The lowest BCUT2D eigenvalue weighted by atomic mass is 10.0. The van der Waals surface area contributed by atoms with Gasteiger partial charge in [-0.05, 0) is 24.8 Å². The summed E-state index contributed by atoms with van der Waals surface area (Å²) >= 11 is 7.97. The molecule has 1 saturated heterocycles. The van der Waals surface area contributed by atoms with E-state index in [0.29, 0.717) is 41.1 Å². The number of morpholine rings is 1. The minimum atomic E-state index is -0.155. The molecule has 6 nitrogen and oxygen atoms in total. The van der Waals surface area contributed by atoms with Crippen LogP contribution in [0.2, 0.25) is 5.02 Å². The summed E-state index contributed by atoms with van der Waals surface area (Å²) in [7, 11) is 0. The number of carbonyl (C=O) groups excluding carboxylic acids is 1. The second-order valence-corrected chi connectivity index (χ2v) is 8.80. The van der Waals surface area contributed by atoms with Crippen LogP contribution in [0.3, 0.4) is 0 Å². The van der Waals surface area contributed by atoms with Gasteiger partial charge in [-0.3, -0.25) is 9.69 Å². The molecule has 0 spiro atoms. The van der Waals surface area contributed by atoms with Crippen molar-refractivity contribution in [2.45, 2.75) is 37.8 Å². The van der Waals surface area contributed by atoms with Crippen LogP contribution in [0, 0.1) is 6.92 Å². The predicted molar refractivity (Wildman–Crippen MR) is 122 cm³/mol. The van der Waals surface area contributed by atoms with Crippen LogP contribution >= 0.6 is 23.4 Å². The molecule has 0 aliphatic carbocycles. The van der Waals surface area contributed by atoms with Gasteiger partial charge in [-0.25, -0.2) is 9.97 Å². The first-order chi connectivity index (χ1) is 14.4. The first kappa shape index (κ1) is 23.0. The molecular weight excluding hydrogens is 420 g/mol. The molecule has 0 radical (unpaired) electrons. The van der Waals surface area contributed by atoms with E-state index in [-0.39, 0.29) is 17.9 Å². The van der Waals surface area contributed by atoms with E-state index < -0.39 is 0 Å². The van der Waals surface area contributed by atoms with Crippen molar-refractivity contribution < 1.29 is 9.53 Å². The van der Waals surface area contributed by atoms with Crippen LogP contribution in [0.5, 0.6) is 0 Å². The summed E-state index contributed by atoms with van der Waals surface area (Å²) in [4.78, 5) is 24.6. The molecule has 30 heavy (non-hydrogen) atoms. The number of amides is 1. The van der Waals surface area contributed by atoms with E-state index in [4.69, 9.17) is 16.3 Å². The Morgan fingerprint density at radius 2 is 1.97 bits per heavy atom. The van der Waals surface area contributed by atoms with Gasteiger partial charge in [-0.15, -0.1) is 11.8 Å². The summed E-state index contributed by atoms with van der Waals surface area (Å²) in [5.74, 6) is 0.811. The summed E-state index contributed by atoms with van der Waals surface area (Å²) in [6, 6.07) is 7.78. The van der Waals surface area contributed by atoms with Crippen LogP contribution in [-0.4, -0.2) is 59.9 Å². The lowest BCUT2D eigenvalue weighted by Crippen LogP contribution is -2.44. The first-order valence-corrected chi connectivity index (χ1v) is 11.8. The van der Waals surface area contributed by atoms with Crippen LogP contribution in [0.4, 0.5) is 0 Å².